The third kappa shape index (κ3) is 4.52. The van der Waals surface area contributed by atoms with Gasteiger partial charge in [0.05, 0.1) is 0 Å². The largest absolute Gasteiger partial charge is 0.330 e. The van der Waals surface area contributed by atoms with E-state index in [0.29, 0.717) is 5.92 Å². The first-order valence-corrected chi connectivity index (χ1v) is 7.86. The zero-order valence-electron chi connectivity index (χ0n) is 12.2. The predicted octanol–water partition coefficient (Wildman–Crippen LogP) is 1.82. The molecule has 0 radical (unpaired) electrons. The maximum atomic E-state index is 5.85. The first kappa shape index (κ1) is 14.3. The molecule has 2 rings (SSSR count). The number of nitrogens with one attached hydrogen (secondary N) is 1. The summed E-state index contributed by atoms with van der Waals surface area (Å²) in [6, 6.07) is 1.68. The van der Waals surface area contributed by atoms with Gasteiger partial charge in [-0.2, -0.15) is 0 Å². The van der Waals surface area contributed by atoms with Crippen LogP contribution in [0, 0.1) is 11.8 Å². The zero-order valence-corrected chi connectivity index (χ0v) is 12.2. The molecule has 3 nitrogen and oxygen atoms in total. The quantitative estimate of drug-likeness (QED) is 0.693. The van der Waals surface area contributed by atoms with Gasteiger partial charge < -0.3 is 11.1 Å². The number of nitrogens with zero attached hydrogens (tertiary/aromatic N) is 1. The number of nitrogens with two attached hydrogens (primary N) is 1. The van der Waals surface area contributed by atoms with E-state index >= 15 is 0 Å². The summed E-state index contributed by atoms with van der Waals surface area (Å²) in [6.45, 7) is 9.18. The second-order valence-corrected chi connectivity index (χ2v) is 6.69. The van der Waals surface area contributed by atoms with Gasteiger partial charge in [0.25, 0.3) is 0 Å². The van der Waals surface area contributed by atoms with Crippen molar-refractivity contribution < 1.29 is 0 Å². The molecule has 0 aromatic carbocycles. The van der Waals surface area contributed by atoms with E-state index in [9.17, 15) is 0 Å². The average Bonchev–Trinajstić information content (AvgIpc) is 3.08. The summed E-state index contributed by atoms with van der Waals surface area (Å²) >= 11 is 0. The Labute approximate surface area is 112 Å². The molecular formula is C15H31N3. The standard InChI is InChI=1S/C15H31N3/c1-12(2)9-13(10-16)5-7-17-14-6-8-18(11-14)15-3-4-15/h12-15,17H,3-11,16H2,1-2H3. The van der Waals surface area contributed by atoms with Gasteiger partial charge in [0.2, 0.25) is 0 Å². The van der Waals surface area contributed by atoms with Gasteiger partial charge >= 0.3 is 0 Å². The van der Waals surface area contributed by atoms with Crippen LogP contribution in [0.15, 0.2) is 0 Å². The van der Waals surface area contributed by atoms with Crippen molar-refractivity contribution in [3.05, 3.63) is 0 Å². The van der Waals surface area contributed by atoms with Crippen molar-refractivity contribution in [1.29, 1.82) is 0 Å². The lowest BCUT2D eigenvalue weighted by Crippen LogP contribution is -2.35. The lowest BCUT2D eigenvalue weighted by molar-refractivity contribution is 0.314. The van der Waals surface area contributed by atoms with Gasteiger partial charge in [-0.3, -0.25) is 4.90 Å². The van der Waals surface area contributed by atoms with E-state index in [2.05, 4.69) is 24.1 Å². The Morgan fingerprint density at radius 1 is 1.28 bits per heavy atom. The monoisotopic (exact) mass is 253 g/mol. The molecule has 106 valence electrons. The molecule has 2 aliphatic rings. The van der Waals surface area contributed by atoms with Crippen LogP contribution in [0.25, 0.3) is 0 Å². The lowest BCUT2D eigenvalue weighted by Gasteiger charge is -2.19. The molecule has 1 aliphatic carbocycles. The van der Waals surface area contributed by atoms with Gasteiger partial charge in [0.1, 0.15) is 0 Å². The van der Waals surface area contributed by atoms with Crippen LogP contribution in [-0.4, -0.2) is 43.2 Å². The van der Waals surface area contributed by atoms with Crippen LogP contribution in [0.4, 0.5) is 0 Å². The Morgan fingerprint density at radius 2 is 2.06 bits per heavy atom. The van der Waals surface area contributed by atoms with E-state index in [1.807, 2.05) is 0 Å². The minimum atomic E-state index is 0.707. The maximum Gasteiger partial charge on any atom is 0.0207 e. The highest BCUT2D eigenvalue weighted by Gasteiger charge is 2.33. The molecule has 1 saturated heterocycles. The molecule has 0 aromatic rings. The number of likely N-dealkylation sites (tertiary alicyclic amines) is 1. The summed E-state index contributed by atoms with van der Waals surface area (Å²) in [7, 11) is 0. The van der Waals surface area contributed by atoms with Crippen LogP contribution in [-0.2, 0) is 0 Å². The highest BCUT2D eigenvalue weighted by Crippen LogP contribution is 2.29. The average molecular weight is 253 g/mol. The minimum Gasteiger partial charge on any atom is -0.330 e. The fourth-order valence-corrected chi connectivity index (χ4v) is 3.22. The highest BCUT2D eigenvalue weighted by atomic mass is 15.2. The molecule has 18 heavy (non-hydrogen) atoms. The molecule has 0 aromatic heterocycles. The molecule has 0 amide bonds. The molecule has 1 saturated carbocycles. The smallest absolute Gasteiger partial charge is 0.0207 e. The predicted molar refractivity (Wildman–Crippen MR) is 77.6 cm³/mol. The number of rotatable bonds is 8. The van der Waals surface area contributed by atoms with Crippen molar-refractivity contribution in [3.63, 3.8) is 0 Å². The third-order valence-corrected chi connectivity index (χ3v) is 4.41. The highest BCUT2D eigenvalue weighted by molar-refractivity contribution is 4.91. The first-order chi connectivity index (χ1) is 8.69. The van der Waals surface area contributed by atoms with Crippen LogP contribution in [0.3, 0.4) is 0 Å². The van der Waals surface area contributed by atoms with Crippen molar-refractivity contribution in [3.8, 4) is 0 Å². The van der Waals surface area contributed by atoms with Crippen LogP contribution in [0.2, 0.25) is 0 Å². The number of hydrogen-bond acceptors (Lipinski definition) is 3. The van der Waals surface area contributed by atoms with Crippen molar-refractivity contribution in [2.24, 2.45) is 17.6 Å². The molecule has 2 fully saturated rings. The van der Waals surface area contributed by atoms with Crippen molar-refractivity contribution >= 4 is 0 Å². The maximum absolute atomic E-state index is 5.85. The Hall–Kier alpha value is -0.120. The summed E-state index contributed by atoms with van der Waals surface area (Å²) < 4.78 is 0. The van der Waals surface area contributed by atoms with Gasteiger partial charge in [-0.1, -0.05) is 13.8 Å². The fourth-order valence-electron chi connectivity index (χ4n) is 3.22. The second kappa shape index (κ2) is 6.88. The SMILES string of the molecule is CC(C)CC(CN)CCNC1CCN(C2CC2)C1. The molecule has 1 aliphatic heterocycles. The van der Waals surface area contributed by atoms with Crippen molar-refractivity contribution in [2.45, 2.75) is 58.0 Å². The van der Waals surface area contributed by atoms with Crippen molar-refractivity contribution in [1.82, 2.24) is 10.2 Å². The summed E-state index contributed by atoms with van der Waals surface area (Å²) in [6.07, 6.45) is 6.74. The van der Waals surface area contributed by atoms with E-state index in [0.717, 1.165) is 31.1 Å². The molecule has 3 N–H and O–H groups in total. The topological polar surface area (TPSA) is 41.3 Å². The third-order valence-electron chi connectivity index (χ3n) is 4.41. The van der Waals surface area contributed by atoms with Gasteiger partial charge in [-0.25, -0.2) is 0 Å². The molecular weight excluding hydrogens is 222 g/mol. The number of hydrogen-bond donors (Lipinski definition) is 2. The van der Waals surface area contributed by atoms with E-state index in [1.54, 1.807) is 0 Å². The molecule has 2 unspecified atom stereocenters. The molecule has 3 heteroatoms. The van der Waals surface area contributed by atoms with Crippen LogP contribution >= 0.6 is 0 Å². The van der Waals surface area contributed by atoms with Gasteiger partial charge in [-0.05, 0) is 57.0 Å². The molecule has 0 spiro atoms. The van der Waals surface area contributed by atoms with E-state index in [1.165, 1.54) is 45.2 Å². The molecule has 1 heterocycles. The summed E-state index contributed by atoms with van der Waals surface area (Å²) in [4.78, 5) is 2.67. The van der Waals surface area contributed by atoms with Crippen LogP contribution < -0.4 is 11.1 Å². The lowest BCUT2D eigenvalue weighted by atomic mass is 9.94. The Kier molecular flexibility index (Phi) is 5.46. The van der Waals surface area contributed by atoms with Crippen molar-refractivity contribution in [2.75, 3.05) is 26.2 Å². The van der Waals surface area contributed by atoms with Gasteiger partial charge in [0.15, 0.2) is 0 Å². The van der Waals surface area contributed by atoms with Crippen LogP contribution in [0.1, 0.15) is 46.0 Å². The Morgan fingerprint density at radius 3 is 2.67 bits per heavy atom. The minimum absolute atomic E-state index is 0.707. The fraction of sp³-hybridized carbons (Fsp3) is 1.00. The zero-order chi connectivity index (χ0) is 13.0. The van der Waals surface area contributed by atoms with E-state index < -0.39 is 0 Å². The van der Waals surface area contributed by atoms with Gasteiger partial charge in [-0.15, -0.1) is 0 Å². The normalized spacial score (nSPS) is 27.0. The summed E-state index contributed by atoms with van der Waals surface area (Å²) in [5, 5.41) is 3.74. The summed E-state index contributed by atoms with van der Waals surface area (Å²) in [5.41, 5.74) is 5.85. The Balaban J connectivity index is 1.57. The first-order valence-electron chi connectivity index (χ1n) is 7.86. The Bertz CT molecular complexity index is 238. The van der Waals surface area contributed by atoms with E-state index in [-0.39, 0.29) is 0 Å². The van der Waals surface area contributed by atoms with Gasteiger partial charge in [0, 0.05) is 25.2 Å². The second-order valence-electron chi connectivity index (χ2n) is 6.69. The molecule has 0 bridgehead atoms. The molecule has 2 atom stereocenters. The summed E-state index contributed by atoms with van der Waals surface area (Å²) in [5.74, 6) is 1.48. The van der Waals surface area contributed by atoms with Crippen LogP contribution in [0.5, 0.6) is 0 Å². The van der Waals surface area contributed by atoms with E-state index in [4.69, 9.17) is 5.73 Å².